The van der Waals surface area contributed by atoms with Crippen LogP contribution in [0.15, 0.2) is 42.5 Å². The van der Waals surface area contributed by atoms with Crippen LogP contribution in [-0.4, -0.2) is 38.2 Å². The van der Waals surface area contributed by atoms with E-state index < -0.39 is 0 Å². The van der Waals surface area contributed by atoms with Gasteiger partial charge in [0.25, 0.3) is 0 Å². The molecule has 3 rings (SSSR count). The highest BCUT2D eigenvalue weighted by Crippen LogP contribution is 2.33. The monoisotopic (exact) mass is 355 g/mol. The maximum atomic E-state index is 12.4. The topological polar surface area (TPSA) is 93.9 Å². The van der Waals surface area contributed by atoms with Crippen molar-refractivity contribution in [2.45, 2.75) is 6.92 Å². The second kappa shape index (κ2) is 7.77. The highest BCUT2D eigenvalue weighted by atomic mass is 16.5. The lowest BCUT2D eigenvalue weighted by molar-refractivity contribution is -0.115. The molecule has 2 aromatic rings. The number of nitrogens with one attached hydrogen (secondary N) is 1. The van der Waals surface area contributed by atoms with E-state index in [2.05, 4.69) is 5.32 Å². The van der Waals surface area contributed by atoms with Crippen molar-refractivity contribution < 1.29 is 19.1 Å². The molecule has 7 nitrogen and oxygen atoms in total. The van der Waals surface area contributed by atoms with Crippen LogP contribution in [0.2, 0.25) is 0 Å². The lowest BCUT2D eigenvalue weighted by atomic mass is 10.2. The van der Waals surface area contributed by atoms with E-state index in [0.717, 1.165) is 11.4 Å². The van der Waals surface area contributed by atoms with Crippen LogP contribution in [0.4, 0.5) is 17.1 Å². The van der Waals surface area contributed by atoms with Gasteiger partial charge in [0.2, 0.25) is 5.91 Å². The van der Waals surface area contributed by atoms with Crippen LogP contribution in [0, 0.1) is 0 Å². The Morgan fingerprint density at radius 3 is 2.73 bits per heavy atom. The molecule has 1 heterocycles. The van der Waals surface area contributed by atoms with Gasteiger partial charge in [-0.3, -0.25) is 4.79 Å². The molecule has 3 N–H and O–H groups in total. The third kappa shape index (κ3) is 4.05. The smallest absolute Gasteiger partial charge is 0.338 e. The number of carbonyl (C=O) groups excluding carboxylic acids is 2. The Morgan fingerprint density at radius 1 is 1.23 bits per heavy atom. The number of benzene rings is 2. The predicted octanol–water partition coefficient (Wildman–Crippen LogP) is 2.28. The molecule has 1 amide bonds. The van der Waals surface area contributed by atoms with Crippen molar-refractivity contribution in [1.82, 2.24) is 0 Å². The summed E-state index contributed by atoms with van der Waals surface area (Å²) < 4.78 is 10.5. The van der Waals surface area contributed by atoms with Crippen LogP contribution in [0.5, 0.6) is 5.75 Å². The zero-order chi connectivity index (χ0) is 18.5. The Kier molecular flexibility index (Phi) is 5.26. The van der Waals surface area contributed by atoms with E-state index >= 15 is 0 Å². The van der Waals surface area contributed by atoms with Crippen LogP contribution in [0.1, 0.15) is 17.3 Å². The Balaban J connectivity index is 1.63. The summed E-state index contributed by atoms with van der Waals surface area (Å²) in [5, 5.41) is 2.83. The number of nitrogens with two attached hydrogens (primary N) is 1. The molecule has 0 unspecified atom stereocenters. The first-order chi connectivity index (χ1) is 12.6. The van der Waals surface area contributed by atoms with Crippen molar-refractivity contribution in [3.8, 4) is 5.75 Å². The van der Waals surface area contributed by atoms with Crippen molar-refractivity contribution in [3.63, 3.8) is 0 Å². The standard InChI is InChI=1S/C19H21N3O4/c1-2-25-19(24)13-3-6-15(7-4-13)21-18(23)12-22-9-10-26-17-8-5-14(20)11-16(17)22/h3-8,11H,2,9-10,12,20H2,1H3,(H,21,23). The van der Waals surface area contributed by atoms with Gasteiger partial charge >= 0.3 is 5.97 Å². The summed E-state index contributed by atoms with van der Waals surface area (Å²) in [6.07, 6.45) is 0. The van der Waals surface area contributed by atoms with Crippen molar-refractivity contribution in [2.75, 3.05) is 42.3 Å². The second-order valence-corrected chi connectivity index (χ2v) is 5.84. The molecular weight excluding hydrogens is 334 g/mol. The first-order valence-electron chi connectivity index (χ1n) is 8.41. The number of amides is 1. The van der Waals surface area contributed by atoms with E-state index in [-0.39, 0.29) is 18.4 Å². The van der Waals surface area contributed by atoms with Gasteiger partial charge in [-0.25, -0.2) is 4.79 Å². The van der Waals surface area contributed by atoms with Gasteiger partial charge in [-0.05, 0) is 49.4 Å². The molecule has 0 radical (unpaired) electrons. The summed E-state index contributed by atoms with van der Waals surface area (Å²) in [7, 11) is 0. The summed E-state index contributed by atoms with van der Waals surface area (Å²) >= 11 is 0. The summed E-state index contributed by atoms with van der Waals surface area (Å²) in [6, 6.07) is 12.0. The van der Waals surface area contributed by atoms with Crippen molar-refractivity contribution in [3.05, 3.63) is 48.0 Å². The van der Waals surface area contributed by atoms with Gasteiger partial charge in [0.1, 0.15) is 12.4 Å². The Hall–Kier alpha value is -3.22. The molecule has 0 fully saturated rings. The Labute approximate surface area is 151 Å². The lowest BCUT2D eigenvalue weighted by Crippen LogP contribution is -2.38. The number of fused-ring (bicyclic) bond motifs is 1. The minimum atomic E-state index is -0.382. The minimum absolute atomic E-state index is 0.163. The molecule has 0 spiro atoms. The van der Waals surface area contributed by atoms with Crippen LogP contribution < -0.4 is 20.7 Å². The fourth-order valence-corrected chi connectivity index (χ4v) is 2.73. The fourth-order valence-electron chi connectivity index (χ4n) is 2.73. The van der Waals surface area contributed by atoms with E-state index in [0.29, 0.717) is 36.7 Å². The van der Waals surface area contributed by atoms with Gasteiger partial charge in [0.05, 0.1) is 30.9 Å². The van der Waals surface area contributed by atoms with Gasteiger partial charge in [-0.1, -0.05) is 0 Å². The quantitative estimate of drug-likeness (QED) is 0.631. The zero-order valence-corrected chi connectivity index (χ0v) is 14.5. The number of nitrogens with zero attached hydrogens (tertiary/aromatic N) is 1. The van der Waals surface area contributed by atoms with Crippen molar-refractivity contribution in [2.24, 2.45) is 0 Å². The highest BCUT2D eigenvalue weighted by molar-refractivity contribution is 5.95. The summed E-state index contributed by atoms with van der Waals surface area (Å²) in [5.41, 5.74) is 8.33. The lowest BCUT2D eigenvalue weighted by Gasteiger charge is -2.30. The molecule has 7 heteroatoms. The average molecular weight is 355 g/mol. The predicted molar refractivity (Wildman–Crippen MR) is 99.6 cm³/mol. The van der Waals surface area contributed by atoms with Crippen LogP contribution in [0.25, 0.3) is 0 Å². The third-order valence-electron chi connectivity index (χ3n) is 3.96. The van der Waals surface area contributed by atoms with E-state index in [1.165, 1.54) is 0 Å². The van der Waals surface area contributed by atoms with Gasteiger partial charge in [0, 0.05) is 11.4 Å². The number of carbonyl (C=O) groups is 2. The van der Waals surface area contributed by atoms with Gasteiger partial charge in [-0.15, -0.1) is 0 Å². The fraction of sp³-hybridized carbons (Fsp3) is 0.263. The van der Waals surface area contributed by atoms with Gasteiger partial charge in [-0.2, -0.15) is 0 Å². The summed E-state index contributed by atoms with van der Waals surface area (Å²) in [5.74, 6) is 0.175. The molecule has 26 heavy (non-hydrogen) atoms. The maximum Gasteiger partial charge on any atom is 0.338 e. The number of ether oxygens (including phenoxy) is 2. The highest BCUT2D eigenvalue weighted by Gasteiger charge is 2.20. The molecular formula is C19H21N3O4. The summed E-state index contributed by atoms with van der Waals surface area (Å²) in [4.78, 5) is 26.0. The number of hydrogen-bond acceptors (Lipinski definition) is 6. The minimum Gasteiger partial charge on any atom is -0.490 e. The first-order valence-corrected chi connectivity index (χ1v) is 8.41. The largest absolute Gasteiger partial charge is 0.490 e. The van der Waals surface area contributed by atoms with Gasteiger partial charge < -0.3 is 25.4 Å². The third-order valence-corrected chi connectivity index (χ3v) is 3.96. The SMILES string of the molecule is CCOC(=O)c1ccc(NC(=O)CN2CCOc3ccc(N)cc32)cc1. The maximum absolute atomic E-state index is 12.4. The van der Waals surface area contributed by atoms with E-state index in [9.17, 15) is 9.59 Å². The van der Waals surface area contributed by atoms with E-state index in [1.807, 2.05) is 11.0 Å². The Morgan fingerprint density at radius 2 is 2.00 bits per heavy atom. The molecule has 0 atom stereocenters. The molecule has 1 aliphatic rings. The molecule has 0 saturated heterocycles. The number of anilines is 3. The first kappa shape index (κ1) is 17.6. The molecule has 136 valence electrons. The molecule has 1 aliphatic heterocycles. The molecule has 0 saturated carbocycles. The second-order valence-electron chi connectivity index (χ2n) is 5.84. The van der Waals surface area contributed by atoms with Crippen LogP contribution in [-0.2, 0) is 9.53 Å². The normalized spacial score (nSPS) is 12.7. The zero-order valence-electron chi connectivity index (χ0n) is 14.5. The average Bonchev–Trinajstić information content (AvgIpc) is 2.63. The molecule has 0 aromatic heterocycles. The number of nitrogen functional groups attached to an aromatic ring is 1. The van der Waals surface area contributed by atoms with Gasteiger partial charge in [0.15, 0.2) is 0 Å². The Bertz CT molecular complexity index is 805. The van der Waals surface area contributed by atoms with Crippen molar-refractivity contribution >= 4 is 28.9 Å². The summed E-state index contributed by atoms with van der Waals surface area (Å²) in [6.45, 7) is 3.37. The van der Waals surface area contributed by atoms with Crippen LogP contribution in [0.3, 0.4) is 0 Å². The number of esters is 1. The van der Waals surface area contributed by atoms with E-state index in [4.69, 9.17) is 15.2 Å². The molecule has 2 aromatic carbocycles. The molecule has 0 aliphatic carbocycles. The molecule has 0 bridgehead atoms. The van der Waals surface area contributed by atoms with E-state index in [1.54, 1.807) is 43.3 Å². The van der Waals surface area contributed by atoms with Crippen molar-refractivity contribution in [1.29, 1.82) is 0 Å². The van der Waals surface area contributed by atoms with Crippen LogP contribution >= 0.6 is 0 Å². The number of rotatable bonds is 5. The number of hydrogen-bond donors (Lipinski definition) is 2.